The fraction of sp³-hybridized carbons (Fsp3) is 0.588. The highest BCUT2D eigenvalue weighted by Gasteiger charge is 2.21. The highest BCUT2D eigenvalue weighted by Crippen LogP contribution is 2.34. The molecule has 7 heteroatoms. The van der Waals surface area contributed by atoms with E-state index in [9.17, 15) is 9.59 Å². The van der Waals surface area contributed by atoms with Crippen LogP contribution in [0, 0.1) is 0 Å². The first-order chi connectivity index (χ1) is 11.4. The van der Waals surface area contributed by atoms with Crippen LogP contribution < -0.4 is 10.9 Å². The first-order valence-corrected chi connectivity index (χ1v) is 10.2. The van der Waals surface area contributed by atoms with Crippen LogP contribution in [0.15, 0.2) is 9.95 Å². The van der Waals surface area contributed by atoms with E-state index in [1.165, 1.54) is 28.6 Å². The molecule has 0 fully saturated rings. The lowest BCUT2D eigenvalue weighted by atomic mass is 9.97. The van der Waals surface area contributed by atoms with Gasteiger partial charge in [-0.3, -0.25) is 9.59 Å². The third-order valence-electron chi connectivity index (χ3n) is 4.51. The number of thioether (sulfide) groups is 1. The molecular weight excluding hydrogens is 342 g/mol. The van der Waals surface area contributed by atoms with Crippen LogP contribution in [0.25, 0.3) is 10.2 Å². The number of aryl methyl sites for hydroxylation is 2. The number of amides is 1. The Balaban J connectivity index is 1.77. The van der Waals surface area contributed by atoms with Gasteiger partial charge in [0.25, 0.3) is 5.56 Å². The number of fused-ring (bicyclic) bond motifs is 3. The van der Waals surface area contributed by atoms with Crippen molar-refractivity contribution in [3.63, 3.8) is 0 Å². The predicted molar refractivity (Wildman–Crippen MR) is 100 cm³/mol. The van der Waals surface area contributed by atoms with E-state index in [1.807, 2.05) is 20.8 Å². The largest absolute Gasteiger partial charge is 0.351 e. The minimum atomic E-state index is -0.213. The number of H-pyrrole nitrogens is 1. The number of thiophene rings is 1. The van der Waals surface area contributed by atoms with E-state index in [0.29, 0.717) is 5.16 Å². The standard InChI is InChI=1S/C17H23N3O2S2/c1-4-17(2,3)20-12(21)9-23-16-18-14(22)13-10-7-5-6-8-11(10)24-15(13)19-16/h4-9H2,1-3H3,(H,20,21)(H,18,19,22). The Morgan fingerprint density at radius 3 is 2.88 bits per heavy atom. The van der Waals surface area contributed by atoms with Gasteiger partial charge in [0.2, 0.25) is 5.91 Å². The second-order valence-electron chi connectivity index (χ2n) is 6.84. The summed E-state index contributed by atoms with van der Waals surface area (Å²) < 4.78 is 0. The van der Waals surface area contributed by atoms with Crippen LogP contribution in [-0.2, 0) is 17.6 Å². The van der Waals surface area contributed by atoms with Crippen LogP contribution in [0.4, 0.5) is 0 Å². The van der Waals surface area contributed by atoms with Gasteiger partial charge in [0.1, 0.15) is 4.83 Å². The van der Waals surface area contributed by atoms with E-state index in [-0.39, 0.29) is 22.8 Å². The van der Waals surface area contributed by atoms with Gasteiger partial charge in [-0.25, -0.2) is 4.98 Å². The zero-order valence-corrected chi connectivity index (χ0v) is 16.0. The average Bonchev–Trinajstić information content (AvgIpc) is 2.91. The molecule has 0 aliphatic heterocycles. The molecule has 0 unspecified atom stereocenters. The molecule has 2 heterocycles. The van der Waals surface area contributed by atoms with Gasteiger partial charge in [-0.05, 0) is 51.5 Å². The van der Waals surface area contributed by atoms with Crippen LogP contribution >= 0.6 is 23.1 Å². The number of aromatic amines is 1. The van der Waals surface area contributed by atoms with Crippen molar-refractivity contribution in [2.45, 2.75) is 63.6 Å². The minimum absolute atomic E-state index is 0.0416. The first kappa shape index (κ1) is 17.5. The van der Waals surface area contributed by atoms with Crippen molar-refractivity contribution >= 4 is 39.2 Å². The van der Waals surface area contributed by atoms with Crippen LogP contribution in [0.2, 0.25) is 0 Å². The molecule has 0 saturated heterocycles. The molecular formula is C17H23N3O2S2. The monoisotopic (exact) mass is 365 g/mol. The number of nitrogens with zero attached hydrogens (tertiary/aromatic N) is 1. The van der Waals surface area contributed by atoms with Crippen LogP contribution in [0.3, 0.4) is 0 Å². The zero-order valence-electron chi connectivity index (χ0n) is 14.3. The summed E-state index contributed by atoms with van der Waals surface area (Å²) in [6, 6.07) is 0. The molecule has 1 aliphatic carbocycles. The summed E-state index contributed by atoms with van der Waals surface area (Å²) in [6.45, 7) is 6.04. The number of aromatic nitrogens is 2. The Bertz CT molecular complexity index is 823. The molecule has 1 amide bonds. The number of hydrogen-bond acceptors (Lipinski definition) is 5. The van der Waals surface area contributed by atoms with E-state index in [0.717, 1.165) is 35.9 Å². The summed E-state index contributed by atoms with van der Waals surface area (Å²) in [7, 11) is 0. The summed E-state index contributed by atoms with van der Waals surface area (Å²) >= 11 is 2.91. The van der Waals surface area contributed by atoms with Crippen LogP contribution in [-0.4, -0.2) is 27.2 Å². The molecule has 5 nitrogen and oxygen atoms in total. The topological polar surface area (TPSA) is 74.8 Å². The van der Waals surface area contributed by atoms with Gasteiger partial charge in [0, 0.05) is 10.4 Å². The van der Waals surface area contributed by atoms with Crippen LogP contribution in [0.1, 0.15) is 50.5 Å². The molecule has 0 radical (unpaired) electrons. The van der Waals surface area contributed by atoms with Crippen molar-refractivity contribution in [3.8, 4) is 0 Å². The van der Waals surface area contributed by atoms with Gasteiger partial charge in [-0.15, -0.1) is 11.3 Å². The molecule has 1 aliphatic rings. The Morgan fingerprint density at radius 1 is 1.38 bits per heavy atom. The third kappa shape index (κ3) is 3.67. The van der Waals surface area contributed by atoms with Gasteiger partial charge in [0.15, 0.2) is 5.16 Å². The molecule has 0 saturated carbocycles. The lowest BCUT2D eigenvalue weighted by molar-refractivity contribution is -0.120. The van der Waals surface area contributed by atoms with Gasteiger partial charge in [0.05, 0.1) is 11.1 Å². The van der Waals surface area contributed by atoms with Crippen molar-refractivity contribution in [3.05, 3.63) is 20.8 Å². The SMILES string of the molecule is CCC(C)(C)NC(=O)CSc1nc2sc3c(c2c(=O)[nH]1)CCCC3. The average molecular weight is 366 g/mol. The fourth-order valence-electron chi connectivity index (χ4n) is 2.85. The van der Waals surface area contributed by atoms with Crippen molar-refractivity contribution < 1.29 is 4.79 Å². The highest BCUT2D eigenvalue weighted by molar-refractivity contribution is 7.99. The molecule has 0 bridgehead atoms. The molecule has 130 valence electrons. The smallest absolute Gasteiger partial charge is 0.260 e. The second-order valence-corrected chi connectivity index (χ2v) is 8.88. The molecule has 0 atom stereocenters. The Hall–Kier alpha value is -1.34. The normalized spacial score (nSPS) is 14.6. The maximum atomic E-state index is 12.4. The van der Waals surface area contributed by atoms with E-state index >= 15 is 0 Å². The summed E-state index contributed by atoms with van der Waals surface area (Å²) in [5, 5.41) is 4.27. The summed E-state index contributed by atoms with van der Waals surface area (Å²) in [6.07, 6.45) is 5.22. The number of nitrogens with one attached hydrogen (secondary N) is 2. The summed E-state index contributed by atoms with van der Waals surface area (Å²) in [5.74, 6) is 0.211. The van der Waals surface area contributed by atoms with E-state index in [4.69, 9.17) is 0 Å². The predicted octanol–water partition coefficient (Wildman–Crippen LogP) is 3.26. The maximum absolute atomic E-state index is 12.4. The highest BCUT2D eigenvalue weighted by atomic mass is 32.2. The Kier molecular flexibility index (Phi) is 5.01. The Labute approximate surface area is 149 Å². The molecule has 2 aromatic rings. The third-order valence-corrected chi connectivity index (χ3v) is 6.56. The fourth-order valence-corrected chi connectivity index (χ4v) is 4.83. The lowest BCUT2D eigenvalue weighted by Gasteiger charge is -2.24. The van der Waals surface area contributed by atoms with Crippen LogP contribution in [0.5, 0.6) is 0 Å². The molecule has 24 heavy (non-hydrogen) atoms. The molecule has 0 aromatic carbocycles. The van der Waals surface area contributed by atoms with Gasteiger partial charge >= 0.3 is 0 Å². The number of rotatable bonds is 5. The minimum Gasteiger partial charge on any atom is -0.351 e. The summed E-state index contributed by atoms with van der Waals surface area (Å²) in [4.78, 5) is 34.0. The zero-order chi connectivity index (χ0) is 17.3. The van der Waals surface area contributed by atoms with Crippen molar-refractivity contribution in [2.24, 2.45) is 0 Å². The maximum Gasteiger partial charge on any atom is 0.260 e. The molecule has 3 rings (SSSR count). The molecule has 2 aromatic heterocycles. The number of carbonyl (C=O) groups excluding carboxylic acids is 1. The second kappa shape index (κ2) is 6.88. The van der Waals surface area contributed by atoms with Crippen molar-refractivity contribution in [2.75, 3.05) is 5.75 Å². The summed E-state index contributed by atoms with van der Waals surface area (Å²) in [5.41, 5.74) is 0.903. The molecule has 0 spiro atoms. The number of hydrogen-bond donors (Lipinski definition) is 2. The Morgan fingerprint density at radius 2 is 2.12 bits per heavy atom. The van der Waals surface area contributed by atoms with E-state index < -0.39 is 0 Å². The van der Waals surface area contributed by atoms with Gasteiger partial charge < -0.3 is 10.3 Å². The van der Waals surface area contributed by atoms with Crippen molar-refractivity contribution in [1.82, 2.24) is 15.3 Å². The van der Waals surface area contributed by atoms with E-state index in [1.54, 1.807) is 11.3 Å². The lowest BCUT2D eigenvalue weighted by Crippen LogP contribution is -2.43. The quantitative estimate of drug-likeness (QED) is 0.630. The molecule has 2 N–H and O–H groups in total. The van der Waals surface area contributed by atoms with Gasteiger partial charge in [-0.1, -0.05) is 18.7 Å². The van der Waals surface area contributed by atoms with Gasteiger partial charge in [-0.2, -0.15) is 0 Å². The first-order valence-electron chi connectivity index (χ1n) is 8.38. The number of carbonyl (C=O) groups is 1. The van der Waals surface area contributed by atoms with Crippen molar-refractivity contribution in [1.29, 1.82) is 0 Å². The van der Waals surface area contributed by atoms with E-state index in [2.05, 4.69) is 15.3 Å².